The van der Waals surface area contributed by atoms with Gasteiger partial charge in [-0.3, -0.25) is 0 Å². The van der Waals surface area contributed by atoms with Gasteiger partial charge in [0, 0.05) is 30.3 Å². The molecule has 2 aromatic rings. The first-order valence-electron chi connectivity index (χ1n) is 8.79. The number of aliphatic hydroxyl groups is 1. The van der Waals surface area contributed by atoms with E-state index in [1.54, 1.807) is 7.11 Å². The van der Waals surface area contributed by atoms with Gasteiger partial charge in [-0.2, -0.15) is 0 Å². The number of ether oxygens (including phenoxy) is 1. The molecule has 5 nitrogen and oxygen atoms in total. The van der Waals surface area contributed by atoms with Crippen LogP contribution in [0.1, 0.15) is 42.8 Å². The summed E-state index contributed by atoms with van der Waals surface area (Å²) in [5.41, 5.74) is 4.94. The van der Waals surface area contributed by atoms with E-state index in [9.17, 15) is 0 Å². The van der Waals surface area contributed by atoms with E-state index in [4.69, 9.17) is 9.84 Å². The summed E-state index contributed by atoms with van der Waals surface area (Å²) in [5.74, 6) is 0.768. The van der Waals surface area contributed by atoms with Gasteiger partial charge >= 0.3 is 0 Å². The molecule has 0 radical (unpaired) electrons. The van der Waals surface area contributed by atoms with Crippen molar-refractivity contribution in [1.29, 1.82) is 0 Å². The minimum absolute atomic E-state index is 0.292. The van der Waals surface area contributed by atoms with E-state index in [1.165, 1.54) is 5.69 Å². The molecule has 3 N–H and O–H groups in total. The number of hydrogen-bond donors (Lipinski definition) is 3. The van der Waals surface area contributed by atoms with Crippen molar-refractivity contribution in [3.8, 4) is 0 Å². The van der Waals surface area contributed by atoms with Crippen molar-refractivity contribution in [1.82, 2.24) is 9.97 Å². The van der Waals surface area contributed by atoms with E-state index < -0.39 is 0 Å². The Hall–Kier alpha value is -2.53. The van der Waals surface area contributed by atoms with Crippen molar-refractivity contribution in [2.75, 3.05) is 13.7 Å². The van der Waals surface area contributed by atoms with Crippen LogP contribution in [-0.4, -0.2) is 34.5 Å². The third-order valence-electron chi connectivity index (χ3n) is 4.27. The summed E-state index contributed by atoms with van der Waals surface area (Å²) >= 11 is 0. The van der Waals surface area contributed by atoms with E-state index >= 15 is 0 Å². The third-order valence-corrected chi connectivity index (χ3v) is 4.27. The van der Waals surface area contributed by atoms with Gasteiger partial charge in [-0.1, -0.05) is 12.8 Å². The Morgan fingerprint density at radius 1 is 1.16 bits per heavy atom. The maximum absolute atomic E-state index is 8.80. The lowest BCUT2D eigenvalue weighted by molar-refractivity contribution is 0.282. The molecule has 0 aromatic carbocycles. The van der Waals surface area contributed by atoms with Crippen LogP contribution in [0.2, 0.25) is 0 Å². The largest absolute Gasteiger partial charge is 0.494 e. The number of unbranched alkanes of at least 4 members (excludes halogenated alkanes) is 3. The summed E-state index contributed by atoms with van der Waals surface area (Å²) in [6.45, 7) is 0.292. The van der Waals surface area contributed by atoms with Gasteiger partial charge in [0.15, 0.2) is 0 Å². The molecular weight excluding hydrogens is 314 g/mol. The van der Waals surface area contributed by atoms with Crippen molar-refractivity contribution >= 4 is 11.8 Å². The van der Waals surface area contributed by atoms with Crippen molar-refractivity contribution in [3.63, 3.8) is 0 Å². The van der Waals surface area contributed by atoms with E-state index in [2.05, 4.69) is 27.1 Å². The average Bonchev–Trinajstić information content (AvgIpc) is 3.35. The molecule has 0 aliphatic carbocycles. The van der Waals surface area contributed by atoms with Gasteiger partial charge in [-0.15, -0.1) is 0 Å². The Labute approximate surface area is 148 Å². The average molecular weight is 339 g/mol. The molecule has 25 heavy (non-hydrogen) atoms. The summed E-state index contributed by atoms with van der Waals surface area (Å²) in [6, 6.07) is 8.15. The van der Waals surface area contributed by atoms with Crippen molar-refractivity contribution in [3.05, 3.63) is 65.1 Å². The van der Waals surface area contributed by atoms with Gasteiger partial charge < -0.3 is 19.8 Å². The number of aliphatic imine (C=N–C) groups is 1. The van der Waals surface area contributed by atoms with Gasteiger partial charge in [0.2, 0.25) is 0 Å². The van der Waals surface area contributed by atoms with E-state index in [-0.39, 0.29) is 0 Å². The fourth-order valence-electron chi connectivity index (χ4n) is 2.93. The van der Waals surface area contributed by atoms with Crippen LogP contribution in [0.3, 0.4) is 0 Å². The Bertz CT molecular complexity index is 767. The summed E-state index contributed by atoms with van der Waals surface area (Å²) < 4.78 is 5.46. The zero-order chi connectivity index (χ0) is 17.5. The van der Waals surface area contributed by atoms with Crippen molar-refractivity contribution in [2.24, 2.45) is 4.99 Å². The van der Waals surface area contributed by atoms with Crippen LogP contribution in [0.25, 0.3) is 6.08 Å². The molecule has 0 saturated heterocycles. The molecule has 0 atom stereocenters. The molecule has 132 valence electrons. The lowest BCUT2D eigenvalue weighted by Gasteiger charge is -2.01. The van der Waals surface area contributed by atoms with Gasteiger partial charge in [-0.05, 0) is 49.6 Å². The molecule has 0 fully saturated rings. The molecule has 0 spiro atoms. The zero-order valence-electron chi connectivity index (χ0n) is 14.6. The van der Waals surface area contributed by atoms with Crippen LogP contribution in [0.4, 0.5) is 0 Å². The number of aryl methyl sites for hydroxylation is 1. The monoisotopic (exact) mass is 339 g/mol. The summed E-state index contributed by atoms with van der Waals surface area (Å²) in [7, 11) is 1.67. The van der Waals surface area contributed by atoms with E-state index in [0.29, 0.717) is 6.61 Å². The Balaban J connectivity index is 1.65. The highest BCUT2D eigenvalue weighted by Crippen LogP contribution is 2.24. The Morgan fingerprint density at radius 2 is 2.04 bits per heavy atom. The molecule has 0 bridgehead atoms. The molecule has 0 amide bonds. The SMILES string of the molecule is COC1=CC(c2ccc[nH]2)=N/C1=C\c1ccc(CCCCCCO)[nH]1. The van der Waals surface area contributed by atoms with Crippen LogP contribution in [0, 0.1) is 0 Å². The Morgan fingerprint density at radius 3 is 2.80 bits per heavy atom. The van der Waals surface area contributed by atoms with Gasteiger partial charge in [-0.25, -0.2) is 4.99 Å². The van der Waals surface area contributed by atoms with Crippen LogP contribution in [-0.2, 0) is 11.2 Å². The minimum Gasteiger partial charge on any atom is -0.494 e. The maximum Gasteiger partial charge on any atom is 0.146 e. The summed E-state index contributed by atoms with van der Waals surface area (Å²) in [6.07, 6.45) is 11.1. The van der Waals surface area contributed by atoms with Crippen molar-refractivity contribution < 1.29 is 9.84 Å². The van der Waals surface area contributed by atoms with Crippen LogP contribution >= 0.6 is 0 Å². The fourth-order valence-corrected chi connectivity index (χ4v) is 2.93. The number of aromatic amines is 2. The predicted octanol–water partition coefficient (Wildman–Crippen LogP) is 3.81. The number of aromatic nitrogens is 2. The van der Waals surface area contributed by atoms with Gasteiger partial charge in [0.25, 0.3) is 0 Å². The summed E-state index contributed by atoms with van der Waals surface area (Å²) in [5, 5.41) is 8.80. The first kappa shape index (κ1) is 17.3. The number of aliphatic hydroxyl groups excluding tert-OH is 1. The topological polar surface area (TPSA) is 73.4 Å². The van der Waals surface area contributed by atoms with Gasteiger partial charge in [0.1, 0.15) is 11.5 Å². The second-order valence-electron chi connectivity index (χ2n) is 6.15. The number of nitrogens with zero attached hydrogens (tertiary/aromatic N) is 1. The number of H-pyrrole nitrogens is 2. The van der Waals surface area contributed by atoms with Crippen molar-refractivity contribution in [2.45, 2.75) is 32.1 Å². The normalized spacial score (nSPS) is 15.5. The zero-order valence-corrected chi connectivity index (χ0v) is 14.6. The molecule has 0 saturated carbocycles. The first-order chi connectivity index (χ1) is 12.3. The quantitative estimate of drug-likeness (QED) is 0.608. The number of allylic oxidation sites excluding steroid dienone is 1. The second-order valence-corrected chi connectivity index (χ2v) is 6.15. The number of hydrogen-bond acceptors (Lipinski definition) is 3. The molecule has 1 aliphatic heterocycles. The van der Waals surface area contributed by atoms with E-state index in [1.807, 2.05) is 30.5 Å². The van der Waals surface area contributed by atoms with Crippen LogP contribution < -0.4 is 0 Å². The standard InChI is InChI=1S/C20H25N3O2/c1-25-20-14-18(17-8-6-11-21-17)23-19(20)13-16-10-9-15(22-16)7-4-2-3-5-12-24/h6,8-11,13-14,21-22,24H,2-5,7,12H2,1H3/b19-13-. The fraction of sp³-hybridized carbons (Fsp3) is 0.350. The third kappa shape index (κ3) is 4.51. The number of nitrogens with one attached hydrogen (secondary N) is 2. The minimum atomic E-state index is 0.292. The molecule has 1 aliphatic rings. The smallest absolute Gasteiger partial charge is 0.146 e. The highest BCUT2D eigenvalue weighted by atomic mass is 16.5. The van der Waals surface area contributed by atoms with Gasteiger partial charge in [0.05, 0.1) is 18.5 Å². The lowest BCUT2D eigenvalue weighted by Crippen LogP contribution is -1.93. The highest BCUT2D eigenvalue weighted by molar-refractivity contribution is 6.11. The highest BCUT2D eigenvalue weighted by Gasteiger charge is 2.17. The van der Waals surface area contributed by atoms with Crippen LogP contribution in [0.5, 0.6) is 0 Å². The number of methoxy groups -OCH3 is 1. The molecule has 5 heteroatoms. The molecule has 0 unspecified atom stereocenters. The molecule has 3 rings (SSSR count). The molecular formula is C20H25N3O2. The summed E-state index contributed by atoms with van der Waals surface area (Å²) in [4.78, 5) is 11.3. The molecule has 2 aromatic heterocycles. The van der Waals surface area contributed by atoms with Crippen LogP contribution in [0.15, 0.2) is 53.0 Å². The first-order valence-corrected chi connectivity index (χ1v) is 8.79. The molecule has 3 heterocycles. The second kappa shape index (κ2) is 8.53. The predicted molar refractivity (Wildman–Crippen MR) is 100 cm³/mol. The lowest BCUT2D eigenvalue weighted by atomic mass is 10.1. The van der Waals surface area contributed by atoms with E-state index in [0.717, 1.165) is 60.7 Å². The Kier molecular flexibility index (Phi) is 5.90. The number of rotatable bonds is 9. The maximum atomic E-state index is 8.80.